The third-order valence-corrected chi connectivity index (χ3v) is 2.52. The third kappa shape index (κ3) is 3.61. The zero-order valence-electron chi connectivity index (χ0n) is 10.9. The Kier molecular flexibility index (Phi) is 5.25. The average molecular weight is 239 g/mol. The van der Waals surface area contributed by atoms with E-state index in [1.165, 1.54) is 0 Å². The summed E-state index contributed by atoms with van der Waals surface area (Å²) in [6.45, 7) is 4.53. The quantitative estimate of drug-likeness (QED) is 0.794. The van der Waals surface area contributed by atoms with Gasteiger partial charge in [-0.05, 0) is 12.1 Å². The predicted molar refractivity (Wildman–Crippen MR) is 67.6 cm³/mol. The predicted octanol–water partition coefficient (Wildman–Crippen LogP) is 1.74. The molecular weight excluding hydrogens is 218 g/mol. The molecule has 4 nitrogen and oxygen atoms in total. The first kappa shape index (κ1) is 13.8. The van der Waals surface area contributed by atoms with Gasteiger partial charge in [0.2, 0.25) is 0 Å². The van der Waals surface area contributed by atoms with Crippen LogP contribution in [0.2, 0.25) is 0 Å². The van der Waals surface area contributed by atoms with Gasteiger partial charge in [-0.2, -0.15) is 0 Å². The normalized spacial score (nSPS) is 12.6. The molecule has 0 aromatic heterocycles. The van der Waals surface area contributed by atoms with Gasteiger partial charge >= 0.3 is 0 Å². The smallest absolute Gasteiger partial charge is 0.128 e. The molecule has 2 N–H and O–H groups in total. The Morgan fingerprint density at radius 3 is 2.12 bits per heavy atom. The average Bonchev–Trinajstić information content (AvgIpc) is 2.34. The van der Waals surface area contributed by atoms with E-state index in [9.17, 15) is 5.11 Å². The molecular formula is C13H21NO3. The Morgan fingerprint density at radius 2 is 1.71 bits per heavy atom. The van der Waals surface area contributed by atoms with Gasteiger partial charge in [-0.25, -0.2) is 0 Å². The van der Waals surface area contributed by atoms with Gasteiger partial charge in [0.1, 0.15) is 11.5 Å². The van der Waals surface area contributed by atoms with Gasteiger partial charge in [0.15, 0.2) is 0 Å². The van der Waals surface area contributed by atoms with Crippen LogP contribution in [0, 0.1) is 0 Å². The second-order valence-electron chi connectivity index (χ2n) is 4.15. The van der Waals surface area contributed by atoms with Crippen molar-refractivity contribution in [2.45, 2.75) is 26.0 Å². The number of aliphatic hydroxyl groups excluding tert-OH is 1. The van der Waals surface area contributed by atoms with E-state index in [4.69, 9.17) is 9.47 Å². The van der Waals surface area contributed by atoms with E-state index in [1.807, 2.05) is 32.0 Å². The molecule has 0 aliphatic carbocycles. The van der Waals surface area contributed by atoms with Crippen LogP contribution >= 0.6 is 0 Å². The van der Waals surface area contributed by atoms with Gasteiger partial charge in [-0.3, -0.25) is 0 Å². The summed E-state index contributed by atoms with van der Waals surface area (Å²) >= 11 is 0. The summed E-state index contributed by atoms with van der Waals surface area (Å²) in [5.41, 5.74) is 0.686. The largest absolute Gasteiger partial charge is 0.496 e. The Hall–Kier alpha value is -1.26. The van der Waals surface area contributed by atoms with Crippen LogP contribution in [0.15, 0.2) is 18.2 Å². The van der Waals surface area contributed by atoms with Crippen molar-refractivity contribution >= 4 is 0 Å². The van der Waals surface area contributed by atoms with E-state index < -0.39 is 6.10 Å². The Bertz CT molecular complexity index is 330. The first-order chi connectivity index (χ1) is 8.10. The molecule has 0 aliphatic heterocycles. The van der Waals surface area contributed by atoms with Crippen LogP contribution in [0.4, 0.5) is 0 Å². The fourth-order valence-electron chi connectivity index (χ4n) is 1.66. The van der Waals surface area contributed by atoms with Gasteiger partial charge in [-0.1, -0.05) is 19.9 Å². The lowest BCUT2D eigenvalue weighted by atomic mass is 10.1. The Labute approximate surface area is 103 Å². The van der Waals surface area contributed by atoms with Gasteiger partial charge in [-0.15, -0.1) is 0 Å². The molecule has 4 heteroatoms. The van der Waals surface area contributed by atoms with Crippen LogP contribution in [0.3, 0.4) is 0 Å². The molecule has 1 aromatic carbocycles. The first-order valence-electron chi connectivity index (χ1n) is 5.72. The molecule has 1 rings (SSSR count). The standard InChI is InChI=1S/C13H21NO3/c1-9(2)14-8-10(15)13-11(16-3)6-5-7-12(13)17-4/h5-7,9-10,14-15H,8H2,1-4H3. The van der Waals surface area contributed by atoms with E-state index in [0.717, 1.165) is 0 Å². The van der Waals surface area contributed by atoms with Crippen molar-refractivity contribution < 1.29 is 14.6 Å². The van der Waals surface area contributed by atoms with Crippen LogP contribution in [0.1, 0.15) is 25.5 Å². The number of ether oxygens (including phenoxy) is 2. The molecule has 1 unspecified atom stereocenters. The highest BCUT2D eigenvalue weighted by molar-refractivity contribution is 5.46. The SMILES string of the molecule is COc1cccc(OC)c1C(O)CNC(C)C. The minimum absolute atomic E-state index is 0.324. The third-order valence-electron chi connectivity index (χ3n) is 2.52. The van der Waals surface area contributed by atoms with Gasteiger partial charge in [0.05, 0.1) is 25.9 Å². The highest BCUT2D eigenvalue weighted by Crippen LogP contribution is 2.33. The molecule has 0 heterocycles. The molecule has 1 atom stereocenters. The molecule has 0 radical (unpaired) electrons. The fourth-order valence-corrected chi connectivity index (χ4v) is 1.66. The summed E-state index contributed by atoms with van der Waals surface area (Å²) in [5, 5.41) is 13.4. The summed E-state index contributed by atoms with van der Waals surface area (Å²) in [7, 11) is 3.17. The lowest BCUT2D eigenvalue weighted by Crippen LogP contribution is -2.28. The van der Waals surface area contributed by atoms with E-state index in [0.29, 0.717) is 29.6 Å². The molecule has 0 saturated heterocycles. The summed E-state index contributed by atoms with van der Waals surface area (Å²) in [6.07, 6.45) is -0.650. The van der Waals surface area contributed by atoms with E-state index >= 15 is 0 Å². The minimum atomic E-state index is -0.650. The van der Waals surface area contributed by atoms with Crippen LogP contribution in [-0.4, -0.2) is 31.9 Å². The van der Waals surface area contributed by atoms with Gasteiger partial charge < -0.3 is 19.9 Å². The van der Waals surface area contributed by atoms with Crippen molar-refractivity contribution in [3.63, 3.8) is 0 Å². The second kappa shape index (κ2) is 6.47. The summed E-state index contributed by atoms with van der Waals surface area (Å²) in [6, 6.07) is 5.79. The number of hydrogen-bond acceptors (Lipinski definition) is 4. The maximum Gasteiger partial charge on any atom is 0.128 e. The zero-order chi connectivity index (χ0) is 12.8. The van der Waals surface area contributed by atoms with Crippen molar-refractivity contribution in [3.05, 3.63) is 23.8 Å². The lowest BCUT2D eigenvalue weighted by molar-refractivity contribution is 0.163. The van der Waals surface area contributed by atoms with Crippen LogP contribution in [-0.2, 0) is 0 Å². The number of methoxy groups -OCH3 is 2. The fraction of sp³-hybridized carbons (Fsp3) is 0.538. The topological polar surface area (TPSA) is 50.7 Å². The summed E-state index contributed by atoms with van der Waals surface area (Å²) in [5.74, 6) is 1.28. The monoisotopic (exact) mass is 239 g/mol. The van der Waals surface area contributed by atoms with Crippen molar-refractivity contribution in [3.8, 4) is 11.5 Å². The van der Waals surface area contributed by atoms with Crippen molar-refractivity contribution in [2.24, 2.45) is 0 Å². The second-order valence-corrected chi connectivity index (χ2v) is 4.15. The molecule has 0 aliphatic rings. The maximum absolute atomic E-state index is 10.2. The Balaban J connectivity index is 2.92. The molecule has 17 heavy (non-hydrogen) atoms. The maximum atomic E-state index is 10.2. The van der Waals surface area contributed by atoms with E-state index in [-0.39, 0.29) is 0 Å². The minimum Gasteiger partial charge on any atom is -0.496 e. The molecule has 0 spiro atoms. The first-order valence-corrected chi connectivity index (χ1v) is 5.72. The van der Waals surface area contributed by atoms with Crippen molar-refractivity contribution in [1.29, 1.82) is 0 Å². The highest BCUT2D eigenvalue weighted by Gasteiger charge is 2.18. The lowest BCUT2D eigenvalue weighted by Gasteiger charge is -2.19. The number of nitrogens with one attached hydrogen (secondary N) is 1. The van der Waals surface area contributed by atoms with E-state index in [2.05, 4.69) is 5.32 Å². The zero-order valence-corrected chi connectivity index (χ0v) is 10.9. The van der Waals surface area contributed by atoms with Crippen molar-refractivity contribution in [2.75, 3.05) is 20.8 Å². The van der Waals surface area contributed by atoms with Gasteiger partial charge in [0.25, 0.3) is 0 Å². The molecule has 0 fully saturated rings. The molecule has 0 saturated carbocycles. The summed E-state index contributed by atoms with van der Waals surface area (Å²) < 4.78 is 10.5. The molecule has 96 valence electrons. The highest BCUT2D eigenvalue weighted by atomic mass is 16.5. The molecule has 1 aromatic rings. The Morgan fingerprint density at radius 1 is 1.18 bits per heavy atom. The van der Waals surface area contributed by atoms with Crippen LogP contribution in [0.25, 0.3) is 0 Å². The van der Waals surface area contributed by atoms with Crippen molar-refractivity contribution in [1.82, 2.24) is 5.32 Å². The molecule has 0 bridgehead atoms. The number of hydrogen-bond donors (Lipinski definition) is 2. The van der Waals surface area contributed by atoms with Gasteiger partial charge in [0, 0.05) is 12.6 Å². The number of benzene rings is 1. The van der Waals surface area contributed by atoms with Crippen LogP contribution < -0.4 is 14.8 Å². The molecule has 0 amide bonds. The number of rotatable bonds is 6. The van der Waals surface area contributed by atoms with E-state index in [1.54, 1.807) is 14.2 Å². The number of aliphatic hydroxyl groups is 1. The summed E-state index contributed by atoms with van der Waals surface area (Å²) in [4.78, 5) is 0. The van der Waals surface area contributed by atoms with Crippen LogP contribution in [0.5, 0.6) is 11.5 Å².